The summed E-state index contributed by atoms with van der Waals surface area (Å²) in [6.45, 7) is 9.14. The number of pyridine rings is 1. The van der Waals surface area contributed by atoms with Crippen molar-refractivity contribution in [3.63, 3.8) is 0 Å². The molecule has 2 aliphatic heterocycles. The number of aromatic amines is 1. The number of anilines is 1. The number of nitrogens with one attached hydrogen (secondary N) is 2. The molecule has 2 aliphatic rings. The number of piperazine rings is 1. The molecule has 2 N–H and O–H groups in total. The summed E-state index contributed by atoms with van der Waals surface area (Å²) >= 11 is 0. The molecule has 4 aromatic rings. The largest absolute Gasteiger partial charge is 0.457 e. The zero-order valence-electron chi connectivity index (χ0n) is 24.3. The highest BCUT2D eigenvalue weighted by molar-refractivity contribution is 5.89. The Morgan fingerprint density at radius 1 is 1.00 bits per heavy atom. The number of carbonyl (C=O) groups is 1. The van der Waals surface area contributed by atoms with E-state index in [0.29, 0.717) is 31.0 Å². The fourth-order valence-electron chi connectivity index (χ4n) is 5.88. The van der Waals surface area contributed by atoms with Crippen LogP contribution in [0.25, 0.3) is 11.0 Å². The lowest BCUT2D eigenvalue weighted by molar-refractivity contribution is -0.138. The Hall–Kier alpha value is -4.09. The number of ether oxygens (including phenoxy) is 1. The van der Waals surface area contributed by atoms with E-state index in [-0.39, 0.29) is 17.8 Å². The van der Waals surface area contributed by atoms with Crippen molar-refractivity contribution in [3.8, 4) is 11.5 Å². The number of hydrogen-bond acceptors (Lipinski definition) is 5. The van der Waals surface area contributed by atoms with Crippen LogP contribution in [0.4, 0.5) is 23.7 Å². The third kappa shape index (κ3) is 6.47. The smallest absolute Gasteiger partial charge is 0.416 e. The summed E-state index contributed by atoms with van der Waals surface area (Å²) in [7, 11) is 0. The highest BCUT2D eigenvalue weighted by Crippen LogP contribution is 2.35. The van der Waals surface area contributed by atoms with Gasteiger partial charge in [-0.05, 0) is 73.0 Å². The maximum atomic E-state index is 14.1. The fourth-order valence-corrected chi connectivity index (χ4v) is 5.88. The van der Waals surface area contributed by atoms with Gasteiger partial charge in [0.2, 0.25) is 0 Å². The lowest BCUT2D eigenvalue weighted by Gasteiger charge is -2.34. The zero-order valence-corrected chi connectivity index (χ0v) is 24.3. The number of aromatic nitrogens is 2. The summed E-state index contributed by atoms with van der Waals surface area (Å²) in [6.07, 6.45) is -2.21. The highest BCUT2D eigenvalue weighted by atomic mass is 19.4. The second-order valence-corrected chi connectivity index (χ2v) is 11.2. The number of H-pyrrole nitrogens is 1. The maximum absolute atomic E-state index is 14.1. The van der Waals surface area contributed by atoms with Crippen molar-refractivity contribution in [2.45, 2.75) is 39.5 Å². The van der Waals surface area contributed by atoms with Gasteiger partial charge in [-0.3, -0.25) is 4.90 Å². The minimum absolute atomic E-state index is 0.128. The number of urea groups is 1. The number of rotatable bonds is 6. The van der Waals surface area contributed by atoms with E-state index in [2.05, 4.69) is 32.0 Å². The average molecular weight is 593 g/mol. The van der Waals surface area contributed by atoms with E-state index in [9.17, 15) is 18.0 Å². The van der Waals surface area contributed by atoms with Crippen LogP contribution >= 0.6 is 0 Å². The molecule has 1 saturated heterocycles. The minimum Gasteiger partial charge on any atom is -0.457 e. The van der Waals surface area contributed by atoms with E-state index in [0.717, 1.165) is 66.6 Å². The van der Waals surface area contributed by atoms with Gasteiger partial charge in [0, 0.05) is 63.4 Å². The molecule has 43 heavy (non-hydrogen) atoms. The van der Waals surface area contributed by atoms with Crippen LogP contribution in [0, 0.1) is 6.92 Å². The standard InChI is InChI=1S/C32H35F3N6O2/c1-3-39-12-14-40(15-13-39)19-23-4-6-25(18-28(23)32(33,34)35)38-31(42)41-11-9-22-5-7-26(17-24(22)20-41)43-29-8-10-36-30-27(29)16-21(2)37-30/h4-8,10,16-18H,3,9,11-15,19-20H2,1-2H3,(H,36,37)(H,38,42). The minimum atomic E-state index is -4.53. The predicted octanol–water partition coefficient (Wildman–Crippen LogP) is 6.41. The van der Waals surface area contributed by atoms with Crippen LogP contribution in [-0.4, -0.2) is 70.0 Å². The molecule has 0 radical (unpaired) electrons. The molecule has 0 saturated carbocycles. The highest BCUT2D eigenvalue weighted by Gasteiger charge is 2.34. The summed E-state index contributed by atoms with van der Waals surface area (Å²) in [5.74, 6) is 1.31. The Morgan fingerprint density at radius 2 is 1.79 bits per heavy atom. The number of likely N-dealkylation sites (N-methyl/N-ethyl adjacent to an activating group) is 1. The van der Waals surface area contributed by atoms with Gasteiger partial charge >= 0.3 is 12.2 Å². The summed E-state index contributed by atoms with van der Waals surface area (Å²) in [5, 5.41) is 3.58. The van der Waals surface area contributed by atoms with Crippen LogP contribution in [0.5, 0.6) is 11.5 Å². The number of halogens is 3. The van der Waals surface area contributed by atoms with E-state index in [4.69, 9.17) is 4.74 Å². The SMILES string of the molecule is CCN1CCN(Cc2ccc(NC(=O)N3CCc4ccc(Oc5ccnc6[nH]c(C)cc56)cc4C3)cc2C(F)(F)F)CC1. The molecule has 0 atom stereocenters. The number of benzene rings is 2. The van der Waals surface area contributed by atoms with E-state index < -0.39 is 17.8 Å². The molecule has 8 nitrogen and oxygen atoms in total. The Morgan fingerprint density at radius 3 is 2.56 bits per heavy atom. The van der Waals surface area contributed by atoms with Gasteiger partial charge in [-0.15, -0.1) is 0 Å². The quantitative estimate of drug-likeness (QED) is 0.271. The summed E-state index contributed by atoms with van der Waals surface area (Å²) in [6, 6.07) is 13.3. The molecular weight excluding hydrogens is 557 g/mol. The molecule has 0 spiro atoms. The van der Waals surface area contributed by atoms with Crippen molar-refractivity contribution >= 4 is 22.8 Å². The molecule has 4 heterocycles. The first kappa shape index (κ1) is 29.0. The van der Waals surface area contributed by atoms with Crippen LogP contribution < -0.4 is 10.1 Å². The van der Waals surface area contributed by atoms with Gasteiger partial charge < -0.3 is 24.8 Å². The fraction of sp³-hybridized carbons (Fsp3) is 0.375. The summed E-state index contributed by atoms with van der Waals surface area (Å²) < 4.78 is 48.4. The molecule has 6 rings (SSSR count). The number of alkyl halides is 3. The van der Waals surface area contributed by atoms with Crippen molar-refractivity contribution in [1.82, 2.24) is 24.7 Å². The van der Waals surface area contributed by atoms with Crippen LogP contribution in [0.2, 0.25) is 0 Å². The van der Waals surface area contributed by atoms with Gasteiger partial charge in [-0.25, -0.2) is 9.78 Å². The van der Waals surface area contributed by atoms with Crippen LogP contribution in [0.1, 0.15) is 34.9 Å². The van der Waals surface area contributed by atoms with Crippen molar-refractivity contribution in [2.75, 3.05) is 44.6 Å². The van der Waals surface area contributed by atoms with Crippen molar-refractivity contribution in [1.29, 1.82) is 0 Å². The molecule has 2 aromatic heterocycles. The van der Waals surface area contributed by atoms with E-state index in [1.54, 1.807) is 17.2 Å². The number of nitrogens with zero attached hydrogens (tertiary/aromatic N) is 4. The zero-order chi connectivity index (χ0) is 30.1. The van der Waals surface area contributed by atoms with Crippen molar-refractivity contribution in [2.24, 2.45) is 0 Å². The molecular formula is C32H35F3N6O2. The van der Waals surface area contributed by atoms with Gasteiger partial charge in [0.25, 0.3) is 0 Å². The molecule has 0 aliphatic carbocycles. The molecule has 0 bridgehead atoms. The van der Waals surface area contributed by atoms with Crippen LogP contribution in [-0.2, 0) is 25.7 Å². The van der Waals surface area contributed by atoms with Gasteiger partial charge in [-0.2, -0.15) is 13.2 Å². The Balaban J connectivity index is 1.14. The maximum Gasteiger partial charge on any atom is 0.416 e. The normalized spacial score (nSPS) is 16.3. The number of aryl methyl sites for hydroxylation is 1. The number of carbonyl (C=O) groups excluding carboxylic acids is 1. The van der Waals surface area contributed by atoms with Gasteiger partial charge in [0.15, 0.2) is 0 Å². The molecule has 1 fully saturated rings. The Bertz CT molecular complexity index is 1630. The van der Waals surface area contributed by atoms with Crippen molar-refractivity contribution < 1.29 is 22.7 Å². The number of amides is 2. The third-order valence-electron chi connectivity index (χ3n) is 8.30. The first-order chi connectivity index (χ1) is 20.7. The van der Waals surface area contributed by atoms with E-state index in [1.165, 1.54) is 6.07 Å². The lowest BCUT2D eigenvalue weighted by atomic mass is 9.99. The van der Waals surface area contributed by atoms with Gasteiger partial charge in [-0.1, -0.05) is 19.1 Å². The van der Waals surface area contributed by atoms with E-state index >= 15 is 0 Å². The average Bonchev–Trinajstić information content (AvgIpc) is 3.38. The van der Waals surface area contributed by atoms with Crippen LogP contribution in [0.3, 0.4) is 0 Å². The summed E-state index contributed by atoms with van der Waals surface area (Å²) in [4.78, 5) is 26.7. The third-order valence-corrected chi connectivity index (χ3v) is 8.30. The van der Waals surface area contributed by atoms with E-state index in [1.807, 2.05) is 37.3 Å². The topological polar surface area (TPSA) is 76.7 Å². The molecule has 2 aromatic carbocycles. The van der Waals surface area contributed by atoms with Crippen molar-refractivity contribution in [3.05, 3.63) is 82.7 Å². The predicted molar refractivity (Wildman–Crippen MR) is 159 cm³/mol. The Labute approximate surface area is 248 Å². The first-order valence-corrected chi connectivity index (χ1v) is 14.6. The monoisotopic (exact) mass is 592 g/mol. The number of fused-ring (bicyclic) bond motifs is 2. The Kier molecular flexibility index (Phi) is 8.02. The second kappa shape index (κ2) is 11.9. The molecule has 11 heteroatoms. The summed E-state index contributed by atoms with van der Waals surface area (Å²) in [5.41, 5.74) is 3.40. The van der Waals surface area contributed by atoms with Gasteiger partial charge in [0.1, 0.15) is 17.1 Å². The van der Waals surface area contributed by atoms with Crippen LogP contribution in [0.15, 0.2) is 54.7 Å². The van der Waals surface area contributed by atoms with Gasteiger partial charge in [0.05, 0.1) is 10.9 Å². The lowest BCUT2D eigenvalue weighted by Crippen LogP contribution is -2.45. The second-order valence-electron chi connectivity index (χ2n) is 11.2. The molecule has 226 valence electrons. The first-order valence-electron chi connectivity index (χ1n) is 14.6. The molecule has 2 amide bonds. The number of hydrogen-bond donors (Lipinski definition) is 2. The molecule has 0 unspecified atom stereocenters.